The number of nitrogens with zero attached hydrogens (tertiary/aromatic N) is 4. The highest BCUT2D eigenvalue weighted by Gasteiger charge is 2.18. The fraction of sp³-hybridized carbons (Fsp3) is 0.333. The lowest BCUT2D eigenvalue weighted by Gasteiger charge is -2.02. The number of aromatic nitrogens is 5. The van der Waals surface area contributed by atoms with Crippen LogP contribution in [0.15, 0.2) is 33.8 Å². The van der Waals surface area contributed by atoms with Crippen LogP contribution < -0.4 is 0 Å². The molecule has 2 aromatic heterocycles. The summed E-state index contributed by atoms with van der Waals surface area (Å²) in [5.74, 6) is 1.98. The molecule has 3 aromatic rings. The lowest BCUT2D eigenvalue weighted by atomic mass is 10.1. The van der Waals surface area contributed by atoms with Gasteiger partial charge in [0.2, 0.25) is 16.9 Å². The number of aromatic amines is 1. The molecule has 0 aliphatic carbocycles. The summed E-state index contributed by atoms with van der Waals surface area (Å²) in [6.45, 7) is 6.08. The van der Waals surface area contributed by atoms with Crippen molar-refractivity contribution in [2.24, 2.45) is 0 Å². The first kappa shape index (κ1) is 14.8. The van der Waals surface area contributed by atoms with E-state index in [0.717, 1.165) is 17.8 Å². The number of hydrogen-bond donors (Lipinski definition) is 1. The summed E-state index contributed by atoms with van der Waals surface area (Å²) < 4.78 is 5.77. The van der Waals surface area contributed by atoms with Crippen LogP contribution in [0, 0.1) is 6.92 Å². The Morgan fingerprint density at radius 3 is 2.68 bits per heavy atom. The number of hydrogen-bond acceptors (Lipinski definition) is 6. The maximum Gasteiger partial charge on any atom is 0.247 e. The Kier molecular flexibility index (Phi) is 4.24. The van der Waals surface area contributed by atoms with Gasteiger partial charge in [-0.3, -0.25) is 5.10 Å². The quantitative estimate of drug-likeness (QED) is 0.725. The van der Waals surface area contributed by atoms with Gasteiger partial charge in [0.05, 0.1) is 5.25 Å². The van der Waals surface area contributed by atoms with E-state index in [1.165, 1.54) is 17.3 Å². The molecule has 0 spiro atoms. The summed E-state index contributed by atoms with van der Waals surface area (Å²) in [5.41, 5.74) is 2.12. The zero-order chi connectivity index (χ0) is 15.5. The number of nitrogens with one attached hydrogen (secondary N) is 1. The first-order valence-corrected chi connectivity index (χ1v) is 8.02. The number of benzene rings is 1. The average Bonchev–Trinajstić information content (AvgIpc) is 3.17. The van der Waals surface area contributed by atoms with E-state index in [-0.39, 0.29) is 5.25 Å². The van der Waals surface area contributed by atoms with E-state index in [4.69, 9.17) is 4.42 Å². The normalized spacial score (nSPS) is 12.5. The number of thioether (sulfide) groups is 1. The van der Waals surface area contributed by atoms with Crippen molar-refractivity contribution in [1.82, 2.24) is 25.4 Å². The molecule has 7 heteroatoms. The molecule has 0 aliphatic rings. The molecule has 1 atom stereocenters. The smallest absolute Gasteiger partial charge is 0.247 e. The van der Waals surface area contributed by atoms with E-state index in [9.17, 15) is 0 Å². The molecule has 22 heavy (non-hydrogen) atoms. The molecule has 1 unspecified atom stereocenters. The zero-order valence-corrected chi connectivity index (χ0v) is 13.5. The fourth-order valence-electron chi connectivity index (χ4n) is 1.91. The van der Waals surface area contributed by atoms with Gasteiger partial charge in [-0.05, 0) is 26.0 Å². The molecule has 0 saturated heterocycles. The summed E-state index contributed by atoms with van der Waals surface area (Å²) in [5, 5.41) is 16.0. The van der Waals surface area contributed by atoms with Crippen molar-refractivity contribution in [3.63, 3.8) is 0 Å². The van der Waals surface area contributed by atoms with Crippen LogP contribution in [-0.4, -0.2) is 25.4 Å². The van der Waals surface area contributed by atoms with E-state index >= 15 is 0 Å². The van der Waals surface area contributed by atoms with Gasteiger partial charge in [0.1, 0.15) is 5.82 Å². The second-order valence-electron chi connectivity index (χ2n) is 4.99. The van der Waals surface area contributed by atoms with Gasteiger partial charge in [-0.15, -0.1) is 15.3 Å². The second kappa shape index (κ2) is 6.31. The van der Waals surface area contributed by atoms with Gasteiger partial charge in [-0.1, -0.05) is 36.4 Å². The third-order valence-corrected chi connectivity index (χ3v) is 4.16. The Bertz CT molecular complexity index is 749. The number of aryl methyl sites for hydroxylation is 2. The van der Waals surface area contributed by atoms with Gasteiger partial charge >= 0.3 is 0 Å². The monoisotopic (exact) mass is 315 g/mol. The van der Waals surface area contributed by atoms with Gasteiger partial charge < -0.3 is 4.42 Å². The van der Waals surface area contributed by atoms with Crippen molar-refractivity contribution >= 4 is 11.8 Å². The molecule has 0 bridgehead atoms. The van der Waals surface area contributed by atoms with Crippen LogP contribution in [0.5, 0.6) is 0 Å². The molecule has 0 fully saturated rings. The Balaban J connectivity index is 1.73. The van der Waals surface area contributed by atoms with Gasteiger partial charge in [-0.25, -0.2) is 4.98 Å². The Labute approximate surface area is 132 Å². The topological polar surface area (TPSA) is 80.5 Å². The van der Waals surface area contributed by atoms with Gasteiger partial charge in [0.25, 0.3) is 0 Å². The summed E-state index contributed by atoms with van der Waals surface area (Å²) in [6, 6.07) is 8.01. The van der Waals surface area contributed by atoms with Crippen molar-refractivity contribution in [2.45, 2.75) is 37.6 Å². The van der Waals surface area contributed by atoms with E-state index in [1.54, 1.807) is 0 Å². The van der Waals surface area contributed by atoms with Crippen molar-refractivity contribution in [2.75, 3.05) is 0 Å². The molecule has 3 rings (SSSR count). The highest BCUT2D eigenvalue weighted by Crippen LogP contribution is 2.33. The van der Waals surface area contributed by atoms with Gasteiger partial charge in [0.15, 0.2) is 0 Å². The van der Waals surface area contributed by atoms with Crippen LogP contribution >= 0.6 is 11.8 Å². The predicted molar refractivity (Wildman–Crippen MR) is 84.5 cm³/mol. The molecule has 1 aromatic carbocycles. The Morgan fingerprint density at radius 2 is 2.00 bits per heavy atom. The molecule has 2 heterocycles. The van der Waals surface area contributed by atoms with E-state index in [2.05, 4.69) is 25.4 Å². The van der Waals surface area contributed by atoms with Gasteiger partial charge in [0, 0.05) is 12.0 Å². The zero-order valence-electron chi connectivity index (χ0n) is 12.7. The number of rotatable bonds is 5. The average molecular weight is 315 g/mol. The SMILES string of the molecule is CCc1nc(SC(C)c2nnc(-c3ccc(C)cc3)o2)n[nH]1. The van der Waals surface area contributed by atoms with Crippen molar-refractivity contribution in [1.29, 1.82) is 0 Å². The third-order valence-electron chi connectivity index (χ3n) is 3.22. The van der Waals surface area contributed by atoms with Crippen LogP contribution in [-0.2, 0) is 6.42 Å². The molecule has 0 aliphatic heterocycles. The molecular formula is C15H17N5OS. The second-order valence-corrected chi connectivity index (χ2v) is 6.30. The lowest BCUT2D eigenvalue weighted by Crippen LogP contribution is -1.89. The summed E-state index contributed by atoms with van der Waals surface area (Å²) in [6.07, 6.45) is 0.833. The number of H-pyrrole nitrogens is 1. The predicted octanol–water partition coefficient (Wildman–Crippen LogP) is 3.58. The standard InChI is InChI=1S/C15H17N5OS/c1-4-12-16-15(20-17-12)22-10(3)13-18-19-14(21-13)11-7-5-9(2)6-8-11/h5-8,10H,4H2,1-3H3,(H,16,17,20). The van der Waals surface area contributed by atoms with Crippen molar-refractivity contribution in [3.8, 4) is 11.5 Å². The van der Waals surface area contributed by atoms with E-state index in [1.807, 2.05) is 45.0 Å². The van der Waals surface area contributed by atoms with Crippen LogP contribution in [0.3, 0.4) is 0 Å². The molecular weight excluding hydrogens is 298 g/mol. The minimum absolute atomic E-state index is 0.00722. The fourth-order valence-corrected chi connectivity index (χ4v) is 2.68. The molecule has 0 amide bonds. The molecule has 1 N–H and O–H groups in total. The molecule has 0 saturated carbocycles. The summed E-state index contributed by atoms with van der Waals surface area (Å²) in [7, 11) is 0. The molecule has 114 valence electrons. The lowest BCUT2D eigenvalue weighted by molar-refractivity contribution is 0.509. The van der Waals surface area contributed by atoms with Gasteiger partial charge in [-0.2, -0.15) is 0 Å². The third kappa shape index (κ3) is 3.19. The summed E-state index contributed by atoms with van der Waals surface area (Å²) >= 11 is 1.49. The first-order chi connectivity index (χ1) is 10.7. The minimum Gasteiger partial charge on any atom is -0.419 e. The highest BCUT2D eigenvalue weighted by atomic mass is 32.2. The van der Waals surface area contributed by atoms with Crippen LogP contribution in [0.4, 0.5) is 0 Å². The molecule has 6 nitrogen and oxygen atoms in total. The molecule has 0 radical (unpaired) electrons. The maximum atomic E-state index is 5.77. The van der Waals surface area contributed by atoms with Crippen molar-refractivity contribution < 1.29 is 4.42 Å². The van der Waals surface area contributed by atoms with Crippen molar-refractivity contribution in [3.05, 3.63) is 41.5 Å². The minimum atomic E-state index is -0.00722. The first-order valence-electron chi connectivity index (χ1n) is 7.14. The Hall–Kier alpha value is -2.15. The Morgan fingerprint density at radius 1 is 1.23 bits per heavy atom. The highest BCUT2D eigenvalue weighted by molar-refractivity contribution is 7.99. The maximum absolute atomic E-state index is 5.77. The summed E-state index contributed by atoms with van der Waals surface area (Å²) in [4.78, 5) is 4.38. The van der Waals surface area contributed by atoms with E-state index < -0.39 is 0 Å². The van der Waals surface area contributed by atoms with E-state index in [0.29, 0.717) is 16.9 Å². The van der Waals surface area contributed by atoms with Crippen LogP contribution in [0.1, 0.15) is 36.4 Å². The van der Waals surface area contributed by atoms with Crippen LogP contribution in [0.25, 0.3) is 11.5 Å². The largest absolute Gasteiger partial charge is 0.419 e. The van der Waals surface area contributed by atoms with Crippen LogP contribution in [0.2, 0.25) is 0 Å².